The van der Waals surface area contributed by atoms with Gasteiger partial charge < -0.3 is 14.5 Å². The first-order valence-electron chi connectivity index (χ1n) is 6.33. The van der Waals surface area contributed by atoms with Crippen molar-refractivity contribution < 1.29 is 9.53 Å². The predicted octanol–water partition coefficient (Wildman–Crippen LogP) is 2.90. The molecule has 0 aliphatic carbocycles. The van der Waals surface area contributed by atoms with Gasteiger partial charge in [0.1, 0.15) is 12.0 Å². The molecule has 0 radical (unpaired) electrons. The number of methoxy groups -OCH3 is 1. The van der Waals surface area contributed by atoms with Crippen LogP contribution in [0.4, 0.5) is 0 Å². The van der Waals surface area contributed by atoms with Crippen LogP contribution in [0.3, 0.4) is 0 Å². The van der Waals surface area contributed by atoms with Gasteiger partial charge in [-0.3, -0.25) is 4.98 Å². The van der Waals surface area contributed by atoms with E-state index in [4.69, 9.17) is 4.74 Å². The van der Waals surface area contributed by atoms with Crippen LogP contribution in [0, 0.1) is 0 Å². The Bertz CT molecular complexity index is 699. The molecule has 2 heterocycles. The van der Waals surface area contributed by atoms with Gasteiger partial charge in [0, 0.05) is 17.3 Å². The van der Waals surface area contributed by atoms with Crippen LogP contribution in [0.5, 0.6) is 5.75 Å². The molecule has 100 valence electrons. The maximum Gasteiger partial charge on any atom is 0.133 e. The summed E-state index contributed by atoms with van der Waals surface area (Å²) in [6, 6.07) is 11.4. The first kappa shape index (κ1) is 12.4. The van der Waals surface area contributed by atoms with Crippen LogP contribution in [-0.4, -0.2) is 23.4 Å². The highest BCUT2D eigenvalue weighted by atomic mass is 16.5. The highest BCUT2D eigenvalue weighted by Gasteiger charge is 2.15. The van der Waals surface area contributed by atoms with Crippen molar-refractivity contribution in [3.8, 4) is 5.75 Å². The normalized spacial score (nSPS) is 12.2. The number of pyridine rings is 1. The molecule has 0 aliphatic rings. The topological polar surface area (TPSA) is 55.0 Å². The number of aromatic nitrogens is 2. The van der Waals surface area contributed by atoms with E-state index in [0.29, 0.717) is 0 Å². The molecule has 1 atom stereocenters. The molecule has 0 amide bonds. The van der Waals surface area contributed by atoms with E-state index in [-0.39, 0.29) is 5.92 Å². The van der Waals surface area contributed by atoms with Crippen LogP contribution < -0.4 is 4.74 Å². The lowest BCUT2D eigenvalue weighted by Gasteiger charge is -2.09. The van der Waals surface area contributed by atoms with E-state index in [1.54, 1.807) is 19.5 Å². The monoisotopic (exact) mass is 266 g/mol. The number of hydrogen-bond acceptors (Lipinski definition) is 3. The van der Waals surface area contributed by atoms with Crippen molar-refractivity contribution in [1.82, 2.24) is 9.97 Å². The molecule has 0 bridgehead atoms. The van der Waals surface area contributed by atoms with Crippen LogP contribution in [-0.2, 0) is 4.79 Å². The van der Waals surface area contributed by atoms with Gasteiger partial charge in [-0.2, -0.15) is 0 Å². The van der Waals surface area contributed by atoms with E-state index in [9.17, 15) is 4.79 Å². The SMILES string of the molecule is COc1ccc(C(C=O)c2cc3ccncc3[nH]2)cc1. The number of benzene rings is 1. The lowest BCUT2D eigenvalue weighted by molar-refractivity contribution is -0.108. The van der Waals surface area contributed by atoms with Gasteiger partial charge in [0.2, 0.25) is 0 Å². The second-order valence-electron chi connectivity index (χ2n) is 4.57. The minimum atomic E-state index is -0.312. The number of nitrogens with zero attached hydrogens (tertiary/aromatic N) is 1. The summed E-state index contributed by atoms with van der Waals surface area (Å²) in [5.74, 6) is 0.465. The lowest BCUT2D eigenvalue weighted by Crippen LogP contribution is -2.02. The van der Waals surface area contributed by atoms with Crippen molar-refractivity contribution in [2.45, 2.75) is 5.92 Å². The number of rotatable bonds is 4. The number of carbonyl (C=O) groups is 1. The number of aromatic amines is 1. The van der Waals surface area contributed by atoms with Crippen LogP contribution in [0.2, 0.25) is 0 Å². The Morgan fingerprint density at radius 3 is 2.70 bits per heavy atom. The van der Waals surface area contributed by atoms with Gasteiger partial charge in [-0.25, -0.2) is 0 Å². The molecule has 0 spiro atoms. The Balaban J connectivity index is 2.01. The fraction of sp³-hybridized carbons (Fsp3) is 0.125. The Kier molecular flexibility index (Phi) is 3.21. The van der Waals surface area contributed by atoms with E-state index >= 15 is 0 Å². The smallest absolute Gasteiger partial charge is 0.133 e. The van der Waals surface area contributed by atoms with E-state index < -0.39 is 0 Å². The molecule has 20 heavy (non-hydrogen) atoms. The summed E-state index contributed by atoms with van der Waals surface area (Å²) in [5.41, 5.74) is 2.73. The average Bonchev–Trinajstić information content (AvgIpc) is 2.92. The van der Waals surface area contributed by atoms with Gasteiger partial charge >= 0.3 is 0 Å². The fourth-order valence-electron chi connectivity index (χ4n) is 2.30. The highest BCUT2D eigenvalue weighted by molar-refractivity contribution is 5.81. The first-order valence-corrected chi connectivity index (χ1v) is 6.33. The molecule has 1 N–H and O–H groups in total. The number of aldehydes is 1. The molecular weight excluding hydrogens is 252 g/mol. The lowest BCUT2D eigenvalue weighted by atomic mass is 9.97. The first-order chi connectivity index (χ1) is 9.81. The minimum Gasteiger partial charge on any atom is -0.497 e. The summed E-state index contributed by atoms with van der Waals surface area (Å²) in [5, 5.41) is 1.05. The van der Waals surface area contributed by atoms with E-state index in [0.717, 1.165) is 34.2 Å². The van der Waals surface area contributed by atoms with E-state index in [2.05, 4.69) is 9.97 Å². The molecule has 1 aromatic carbocycles. The van der Waals surface area contributed by atoms with Gasteiger partial charge in [0.15, 0.2) is 0 Å². The van der Waals surface area contributed by atoms with Crippen LogP contribution in [0.1, 0.15) is 17.2 Å². The molecule has 3 aromatic rings. The standard InChI is InChI=1S/C16H14N2O2/c1-20-13-4-2-11(3-5-13)14(10-19)15-8-12-6-7-17-9-16(12)18-15/h2-10,14,18H,1H3. The third kappa shape index (κ3) is 2.16. The van der Waals surface area contributed by atoms with Gasteiger partial charge in [0.25, 0.3) is 0 Å². The summed E-state index contributed by atoms with van der Waals surface area (Å²) < 4.78 is 5.13. The summed E-state index contributed by atoms with van der Waals surface area (Å²) in [6.07, 6.45) is 4.44. The third-order valence-corrected chi connectivity index (χ3v) is 3.39. The zero-order chi connectivity index (χ0) is 13.9. The molecule has 1 unspecified atom stereocenters. The number of nitrogens with one attached hydrogen (secondary N) is 1. The predicted molar refractivity (Wildman–Crippen MR) is 77.0 cm³/mol. The molecule has 0 fully saturated rings. The van der Waals surface area contributed by atoms with E-state index in [1.807, 2.05) is 36.4 Å². The van der Waals surface area contributed by atoms with Crippen molar-refractivity contribution in [1.29, 1.82) is 0 Å². The van der Waals surface area contributed by atoms with Gasteiger partial charge in [-0.1, -0.05) is 12.1 Å². The van der Waals surface area contributed by atoms with E-state index in [1.165, 1.54) is 0 Å². The number of carbonyl (C=O) groups excluding carboxylic acids is 1. The van der Waals surface area contributed by atoms with Crippen molar-refractivity contribution in [3.05, 3.63) is 60.0 Å². The fourth-order valence-corrected chi connectivity index (χ4v) is 2.30. The zero-order valence-corrected chi connectivity index (χ0v) is 11.0. The van der Waals surface area contributed by atoms with Crippen molar-refractivity contribution in [2.75, 3.05) is 7.11 Å². The van der Waals surface area contributed by atoms with Crippen molar-refractivity contribution >= 4 is 17.2 Å². The molecule has 2 aromatic heterocycles. The third-order valence-electron chi connectivity index (χ3n) is 3.39. The second-order valence-corrected chi connectivity index (χ2v) is 4.57. The summed E-state index contributed by atoms with van der Waals surface area (Å²) >= 11 is 0. The van der Waals surface area contributed by atoms with Crippen molar-refractivity contribution in [2.24, 2.45) is 0 Å². The molecular formula is C16H14N2O2. The summed E-state index contributed by atoms with van der Waals surface area (Å²) in [7, 11) is 1.62. The van der Waals surface area contributed by atoms with Crippen LogP contribution in [0.25, 0.3) is 10.9 Å². The minimum absolute atomic E-state index is 0.312. The molecule has 0 saturated carbocycles. The Labute approximate surface area is 116 Å². The van der Waals surface area contributed by atoms with Gasteiger partial charge in [-0.15, -0.1) is 0 Å². The summed E-state index contributed by atoms with van der Waals surface area (Å²) in [4.78, 5) is 18.8. The quantitative estimate of drug-likeness (QED) is 0.739. The largest absolute Gasteiger partial charge is 0.497 e. The Morgan fingerprint density at radius 1 is 1.25 bits per heavy atom. The Hall–Kier alpha value is -2.62. The van der Waals surface area contributed by atoms with Crippen molar-refractivity contribution in [3.63, 3.8) is 0 Å². The molecule has 4 nitrogen and oxygen atoms in total. The molecule has 0 aliphatic heterocycles. The number of hydrogen-bond donors (Lipinski definition) is 1. The molecule has 3 rings (SSSR count). The molecule has 0 saturated heterocycles. The van der Waals surface area contributed by atoms with Crippen LogP contribution in [0.15, 0.2) is 48.8 Å². The highest BCUT2D eigenvalue weighted by Crippen LogP contribution is 2.26. The van der Waals surface area contributed by atoms with Gasteiger partial charge in [-0.05, 0) is 29.8 Å². The maximum atomic E-state index is 11.5. The average molecular weight is 266 g/mol. The zero-order valence-electron chi connectivity index (χ0n) is 11.0. The number of ether oxygens (including phenoxy) is 1. The molecule has 4 heteroatoms. The number of fused-ring (bicyclic) bond motifs is 1. The number of H-pyrrole nitrogens is 1. The summed E-state index contributed by atoms with van der Waals surface area (Å²) in [6.45, 7) is 0. The maximum absolute atomic E-state index is 11.5. The Morgan fingerprint density at radius 2 is 2.05 bits per heavy atom. The van der Waals surface area contributed by atoms with Crippen LogP contribution >= 0.6 is 0 Å². The van der Waals surface area contributed by atoms with Gasteiger partial charge in [0.05, 0.1) is 24.7 Å². The second kappa shape index (κ2) is 5.17.